The van der Waals surface area contributed by atoms with Gasteiger partial charge in [0.2, 0.25) is 5.91 Å². The van der Waals surface area contributed by atoms with Crippen LogP contribution in [0.4, 0.5) is 11.5 Å². The normalized spacial score (nSPS) is 10.4. The first-order chi connectivity index (χ1) is 13.3. The highest BCUT2D eigenvalue weighted by molar-refractivity contribution is 7.99. The minimum Gasteiger partial charge on any atom is -0.383 e. The lowest BCUT2D eigenvalue weighted by atomic mass is 9.94. The molecule has 7 heteroatoms. The lowest BCUT2D eigenvalue weighted by Crippen LogP contribution is -2.13. The zero-order chi connectivity index (χ0) is 20.8. The van der Waals surface area contributed by atoms with Crippen LogP contribution in [-0.4, -0.2) is 16.6 Å². The molecule has 1 aromatic heterocycles. The number of carbonyl (C=O) groups excluding carboxylic acids is 1. The summed E-state index contributed by atoms with van der Waals surface area (Å²) in [6.45, 7) is 7.77. The predicted molar refractivity (Wildman–Crippen MR) is 112 cm³/mol. The summed E-state index contributed by atoms with van der Waals surface area (Å²) in [5.41, 5.74) is 10.1. The second-order valence-electron chi connectivity index (χ2n) is 6.87. The van der Waals surface area contributed by atoms with Crippen LogP contribution in [0.15, 0.2) is 23.2 Å². The Bertz CT molecular complexity index is 966. The summed E-state index contributed by atoms with van der Waals surface area (Å²) in [7, 11) is 0. The summed E-state index contributed by atoms with van der Waals surface area (Å²) in [5, 5.41) is 22.3. The lowest BCUT2D eigenvalue weighted by Gasteiger charge is -2.15. The van der Waals surface area contributed by atoms with Crippen molar-refractivity contribution in [2.75, 3.05) is 16.8 Å². The topological polar surface area (TPSA) is 116 Å². The van der Waals surface area contributed by atoms with Crippen LogP contribution < -0.4 is 11.1 Å². The van der Waals surface area contributed by atoms with Crippen molar-refractivity contribution >= 4 is 29.2 Å². The number of hydrogen-bond donors (Lipinski definition) is 2. The van der Waals surface area contributed by atoms with E-state index in [-0.39, 0.29) is 29.6 Å². The van der Waals surface area contributed by atoms with Gasteiger partial charge in [-0.15, -0.1) is 11.8 Å². The van der Waals surface area contributed by atoms with Crippen LogP contribution in [0.1, 0.15) is 54.0 Å². The number of carbonyl (C=O) groups is 1. The molecule has 0 saturated carbocycles. The molecule has 2 aromatic rings. The molecule has 1 aromatic carbocycles. The minimum absolute atomic E-state index is 0.0400. The summed E-state index contributed by atoms with van der Waals surface area (Å²) < 4.78 is 0. The molecular weight excluding hydrogens is 370 g/mol. The van der Waals surface area contributed by atoms with Crippen LogP contribution >= 0.6 is 11.8 Å². The zero-order valence-electron chi connectivity index (χ0n) is 16.5. The maximum atomic E-state index is 12.2. The number of aryl methyl sites for hydroxylation is 2. The Hall–Kier alpha value is -3.03. The van der Waals surface area contributed by atoms with Crippen molar-refractivity contribution in [2.45, 2.75) is 45.1 Å². The first kappa shape index (κ1) is 21.3. The molecule has 144 valence electrons. The number of pyridine rings is 1. The Labute approximate surface area is 169 Å². The summed E-state index contributed by atoms with van der Waals surface area (Å²) in [6, 6.07) is 10.1. The van der Waals surface area contributed by atoms with Crippen LogP contribution in [0.3, 0.4) is 0 Å². The van der Waals surface area contributed by atoms with E-state index in [0.717, 1.165) is 16.8 Å². The molecule has 0 aliphatic carbocycles. The fourth-order valence-corrected chi connectivity index (χ4v) is 3.96. The van der Waals surface area contributed by atoms with Crippen LogP contribution in [0, 0.1) is 36.5 Å². The second kappa shape index (κ2) is 9.25. The first-order valence-corrected chi connectivity index (χ1v) is 9.89. The van der Waals surface area contributed by atoms with Crippen LogP contribution in [0.5, 0.6) is 0 Å². The average Bonchev–Trinajstić information content (AvgIpc) is 2.60. The van der Waals surface area contributed by atoms with E-state index in [1.165, 1.54) is 11.8 Å². The maximum Gasteiger partial charge on any atom is 0.225 e. The van der Waals surface area contributed by atoms with E-state index < -0.39 is 0 Å². The third-order valence-corrected chi connectivity index (χ3v) is 5.08. The van der Waals surface area contributed by atoms with Gasteiger partial charge in [-0.2, -0.15) is 10.5 Å². The van der Waals surface area contributed by atoms with Crippen molar-refractivity contribution in [3.05, 3.63) is 46.0 Å². The highest BCUT2D eigenvalue weighted by atomic mass is 32.2. The highest BCUT2D eigenvalue weighted by Gasteiger charge is 2.21. The van der Waals surface area contributed by atoms with Crippen LogP contribution in [-0.2, 0) is 4.79 Å². The Balaban J connectivity index is 2.11. The molecule has 0 fully saturated rings. The third kappa shape index (κ3) is 5.03. The molecule has 0 bridgehead atoms. The Morgan fingerprint density at radius 2 is 1.79 bits per heavy atom. The number of benzene rings is 1. The Morgan fingerprint density at radius 1 is 1.18 bits per heavy atom. The number of aromatic nitrogens is 1. The zero-order valence-corrected chi connectivity index (χ0v) is 17.3. The van der Waals surface area contributed by atoms with Crippen molar-refractivity contribution in [1.82, 2.24) is 4.98 Å². The van der Waals surface area contributed by atoms with E-state index in [2.05, 4.69) is 16.4 Å². The number of nitrogens with two attached hydrogens (primary N) is 1. The first-order valence-electron chi connectivity index (χ1n) is 8.91. The van der Waals surface area contributed by atoms with Crippen molar-refractivity contribution in [2.24, 2.45) is 0 Å². The molecule has 0 radical (unpaired) electrons. The molecule has 1 heterocycles. The lowest BCUT2D eigenvalue weighted by molar-refractivity contribution is -0.115. The number of nitrogen functional groups attached to an aromatic ring is 1. The average molecular weight is 394 g/mol. The van der Waals surface area contributed by atoms with Crippen LogP contribution in [0.2, 0.25) is 0 Å². The molecule has 0 aliphatic rings. The summed E-state index contributed by atoms with van der Waals surface area (Å²) in [4.78, 5) is 16.5. The molecule has 6 nitrogen and oxygen atoms in total. The summed E-state index contributed by atoms with van der Waals surface area (Å²) >= 11 is 1.30. The molecule has 0 unspecified atom stereocenters. The number of thioether (sulfide) groups is 1. The number of nitrogens with zero attached hydrogens (tertiary/aromatic N) is 3. The predicted octanol–water partition coefficient (Wildman–Crippen LogP) is 4.27. The number of hydrogen-bond acceptors (Lipinski definition) is 6. The van der Waals surface area contributed by atoms with Gasteiger partial charge in [0.15, 0.2) is 0 Å². The highest BCUT2D eigenvalue weighted by Crippen LogP contribution is 2.33. The second-order valence-corrected chi connectivity index (χ2v) is 7.95. The quantitative estimate of drug-likeness (QED) is 0.708. The van der Waals surface area contributed by atoms with Crippen LogP contribution in [0.25, 0.3) is 0 Å². The van der Waals surface area contributed by atoms with Crippen molar-refractivity contribution in [3.8, 4) is 12.1 Å². The molecular formula is C21H23N5OS. The maximum absolute atomic E-state index is 12.2. The van der Waals surface area contributed by atoms with Crippen molar-refractivity contribution in [1.29, 1.82) is 10.5 Å². The van der Waals surface area contributed by atoms with E-state index in [0.29, 0.717) is 21.9 Å². The number of rotatable bonds is 6. The molecule has 3 N–H and O–H groups in total. The van der Waals surface area contributed by atoms with Gasteiger partial charge in [-0.05, 0) is 48.6 Å². The van der Waals surface area contributed by atoms with E-state index in [1.807, 2.05) is 52.0 Å². The molecule has 0 spiro atoms. The number of nitriles is 2. The van der Waals surface area contributed by atoms with Gasteiger partial charge in [0.25, 0.3) is 0 Å². The molecule has 28 heavy (non-hydrogen) atoms. The van der Waals surface area contributed by atoms with Crippen molar-refractivity contribution in [3.63, 3.8) is 0 Å². The fourth-order valence-electron chi connectivity index (χ4n) is 3.02. The third-order valence-electron chi connectivity index (χ3n) is 4.10. The number of anilines is 2. The van der Waals surface area contributed by atoms with Gasteiger partial charge >= 0.3 is 0 Å². The molecule has 0 saturated heterocycles. The van der Waals surface area contributed by atoms with E-state index in [4.69, 9.17) is 5.73 Å². The van der Waals surface area contributed by atoms with Gasteiger partial charge in [0.05, 0.1) is 11.1 Å². The summed E-state index contributed by atoms with van der Waals surface area (Å²) in [5.74, 6) is 0.414. The molecule has 2 rings (SSSR count). The van der Waals surface area contributed by atoms with Gasteiger partial charge in [-0.1, -0.05) is 19.9 Å². The molecule has 0 aliphatic heterocycles. The van der Waals surface area contributed by atoms with Gasteiger partial charge in [-0.25, -0.2) is 4.98 Å². The smallest absolute Gasteiger partial charge is 0.225 e. The SMILES string of the molecule is Cc1cc(C)cc(NC(=O)CCSc2nc(N)c(C#N)c(C(C)C)c2C#N)c1. The standard InChI is InChI=1S/C21H23N5OS/c1-12(2)19-16(10-22)20(24)26-21(17(19)11-23)28-6-5-18(27)25-15-8-13(3)7-14(4)9-15/h7-9,12H,5-6H2,1-4H3,(H2,24,26)(H,25,27). The summed E-state index contributed by atoms with van der Waals surface area (Å²) in [6.07, 6.45) is 0.265. The Morgan fingerprint density at radius 3 is 2.32 bits per heavy atom. The monoisotopic (exact) mass is 393 g/mol. The van der Waals surface area contributed by atoms with Gasteiger partial charge in [0, 0.05) is 17.9 Å². The van der Waals surface area contributed by atoms with E-state index in [9.17, 15) is 15.3 Å². The largest absolute Gasteiger partial charge is 0.383 e. The van der Waals surface area contributed by atoms with Gasteiger partial charge in [-0.3, -0.25) is 4.79 Å². The fraction of sp³-hybridized carbons (Fsp3) is 0.333. The Kier molecular flexibility index (Phi) is 7.03. The van der Waals surface area contributed by atoms with Crippen molar-refractivity contribution < 1.29 is 4.79 Å². The van der Waals surface area contributed by atoms with E-state index >= 15 is 0 Å². The van der Waals surface area contributed by atoms with Gasteiger partial charge < -0.3 is 11.1 Å². The van der Waals surface area contributed by atoms with E-state index in [1.54, 1.807) is 0 Å². The van der Waals surface area contributed by atoms with Gasteiger partial charge in [0.1, 0.15) is 23.0 Å². The number of nitrogens with one attached hydrogen (secondary N) is 1. The molecule has 1 amide bonds. The number of amides is 1. The minimum atomic E-state index is -0.110. The molecule has 0 atom stereocenters.